The molecule has 0 spiro atoms. The van der Waals surface area contributed by atoms with Crippen molar-refractivity contribution in [2.24, 2.45) is 0 Å². The van der Waals surface area contributed by atoms with Crippen LogP contribution in [0, 0.1) is 0 Å². The van der Waals surface area contributed by atoms with Crippen LogP contribution in [0.15, 0.2) is 168 Å². The number of hydrogen-bond donors (Lipinski definition) is 0. The molecule has 0 bridgehead atoms. The largest absolute Gasteiger partial charge is 0.456 e. The molecule has 0 saturated carbocycles. The maximum absolute atomic E-state index is 6.14. The number of para-hydroxylation sites is 1. The third-order valence-electron chi connectivity index (χ3n) is 8.75. The zero-order valence-electron chi connectivity index (χ0n) is 25.3. The predicted molar refractivity (Wildman–Crippen MR) is 192 cm³/mol. The first-order valence-electron chi connectivity index (χ1n) is 15.7. The van der Waals surface area contributed by atoms with Gasteiger partial charge in [-0.2, -0.15) is 0 Å². The molecule has 0 radical (unpaired) electrons. The summed E-state index contributed by atoms with van der Waals surface area (Å²) in [6.45, 7) is 0. The first-order valence-corrected chi connectivity index (χ1v) is 15.7. The highest BCUT2D eigenvalue weighted by molar-refractivity contribution is 6.05. The summed E-state index contributed by atoms with van der Waals surface area (Å²) in [6.07, 6.45) is 0. The number of aromatic nitrogens is 3. The van der Waals surface area contributed by atoms with Crippen molar-refractivity contribution in [3.8, 4) is 56.4 Å². The van der Waals surface area contributed by atoms with Crippen molar-refractivity contribution in [3.63, 3.8) is 0 Å². The third kappa shape index (κ3) is 5.02. The lowest BCUT2D eigenvalue weighted by Crippen LogP contribution is -2.00. The van der Waals surface area contributed by atoms with Crippen LogP contribution in [0.25, 0.3) is 89.1 Å². The molecule has 2 aromatic heterocycles. The van der Waals surface area contributed by atoms with E-state index in [4.69, 9.17) is 19.4 Å². The molecule has 4 nitrogen and oxygen atoms in total. The first-order chi connectivity index (χ1) is 23.2. The van der Waals surface area contributed by atoms with Gasteiger partial charge in [0.25, 0.3) is 0 Å². The number of hydrogen-bond acceptors (Lipinski definition) is 4. The zero-order valence-corrected chi connectivity index (χ0v) is 25.3. The lowest BCUT2D eigenvalue weighted by molar-refractivity contribution is 0.669. The van der Waals surface area contributed by atoms with E-state index in [1.165, 1.54) is 16.3 Å². The number of fused-ring (bicyclic) bond motifs is 4. The highest BCUT2D eigenvalue weighted by atomic mass is 16.3. The molecular weight excluding hydrogens is 574 g/mol. The fourth-order valence-corrected chi connectivity index (χ4v) is 6.25. The Morgan fingerprint density at radius 3 is 1.45 bits per heavy atom. The summed E-state index contributed by atoms with van der Waals surface area (Å²) in [7, 11) is 0. The maximum Gasteiger partial charge on any atom is 0.164 e. The highest BCUT2D eigenvalue weighted by Gasteiger charge is 2.14. The van der Waals surface area contributed by atoms with Crippen molar-refractivity contribution >= 4 is 32.7 Å². The molecule has 0 amide bonds. The Hall–Kier alpha value is -6.39. The van der Waals surface area contributed by atoms with E-state index < -0.39 is 0 Å². The molecule has 7 aromatic carbocycles. The van der Waals surface area contributed by atoms with Crippen LogP contribution in [-0.4, -0.2) is 15.0 Å². The SMILES string of the molecule is c1ccc(-c2nc(-c3ccc(-c4ccc5ccccc5c4)cc3)nc(-c3ccc(-c4ccc5c(c4)oc4ccccc45)cc3)n2)cc1. The Bertz CT molecular complexity index is 2550. The zero-order chi connectivity index (χ0) is 31.2. The predicted octanol–water partition coefficient (Wildman–Crippen LogP) is 11.3. The van der Waals surface area contributed by atoms with Gasteiger partial charge in [-0.15, -0.1) is 0 Å². The van der Waals surface area contributed by atoms with Crippen LogP contribution in [0.2, 0.25) is 0 Å². The molecule has 4 heteroatoms. The van der Waals surface area contributed by atoms with Crippen LogP contribution in [0.1, 0.15) is 0 Å². The van der Waals surface area contributed by atoms with Gasteiger partial charge in [0.2, 0.25) is 0 Å². The maximum atomic E-state index is 6.14. The standard InChI is InChI=1S/C43H27N3O/c1-2-9-31(10-3-1)41-44-42(32-19-14-29(15-20-32)35-23-18-28-8-4-5-11-34(28)26-35)46-43(45-41)33-21-16-30(17-22-33)36-24-25-38-37-12-6-7-13-39(37)47-40(38)27-36/h1-27H. The normalized spacial score (nSPS) is 11.4. The minimum atomic E-state index is 0.631. The minimum Gasteiger partial charge on any atom is -0.456 e. The van der Waals surface area contributed by atoms with Gasteiger partial charge in [0, 0.05) is 27.5 Å². The van der Waals surface area contributed by atoms with Gasteiger partial charge >= 0.3 is 0 Å². The molecule has 0 saturated heterocycles. The molecule has 0 aliphatic rings. The molecule has 0 unspecified atom stereocenters. The number of furan rings is 1. The second-order valence-electron chi connectivity index (χ2n) is 11.7. The number of rotatable bonds is 5. The van der Waals surface area contributed by atoms with Crippen LogP contribution in [-0.2, 0) is 0 Å². The molecule has 0 aliphatic carbocycles. The molecule has 0 N–H and O–H groups in total. The molecule has 2 heterocycles. The average molecular weight is 602 g/mol. The molecule has 0 fully saturated rings. The van der Waals surface area contributed by atoms with Crippen LogP contribution in [0.4, 0.5) is 0 Å². The minimum absolute atomic E-state index is 0.631. The Morgan fingerprint density at radius 1 is 0.298 bits per heavy atom. The Morgan fingerprint density at radius 2 is 0.766 bits per heavy atom. The lowest BCUT2D eigenvalue weighted by atomic mass is 10.00. The summed E-state index contributed by atoms with van der Waals surface area (Å²) >= 11 is 0. The van der Waals surface area contributed by atoms with Gasteiger partial charge in [-0.1, -0.05) is 140 Å². The summed E-state index contributed by atoms with van der Waals surface area (Å²) < 4.78 is 6.14. The van der Waals surface area contributed by atoms with E-state index in [0.29, 0.717) is 17.5 Å². The van der Waals surface area contributed by atoms with E-state index in [1.54, 1.807) is 0 Å². The van der Waals surface area contributed by atoms with E-state index in [-0.39, 0.29) is 0 Å². The van der Waals surface area contributed by atoms with Crippen LogP contribution in [0.3, 0.4) is 0 Å². The summed E-state index contributed by atoms with van der Waals surface area (Å²) in [6, 6.07) is 56.5. The van der Waals surface area contributed by atoms with Crippen molar-refractivity contribution in [2.45, 2.75) is 0 Å². The first kappa shape index (κ1) is 27.0. The molecule has 9 aromatic rings. The van der Waals surface area contributed by atoms with Crippen molar-refractivity contribution in [2.75, 3.05) is 0 Å². The van der Waals surface area contributed by atoms with Gasteiger partial charge in [-0.25, -0.2) is 15.0 Å². The molecular formula is C43H27N3O. The van der Waals surface area contributed by atoms with Crippen molar-refractivity contribution in [1.82, 2.24) is 15.0 Å². The Kier molecular flexibility index (Phi) is 6.43. The molecule has 9 rings (SSSR count). The number of benzene rings is 7. The van der Waals surface area contributed by atoms with Crippen LogP contribution in [0.5, 0.6) is 0 Å². The summed E-state index contributed by atoms with van der Waals surface area (Å²) in [5, 5.41) is 4.72. The van der Waals surface area contributed by atoms with E-state index in [2.05, 4.69) is 115 Å². The lowest BCUT2D eigenvalue weighted by Gasteiger charge is -2.10. The average Bonchev–Trinajstić information content (AvgIpc) is 3.53. The highest BCUT2D eigenvalue weighted by Crippen LogP contribution is 2.33. The molecule has 0 atom stereocenters. The van der Waals surface area contributed by atoms with E-state index in [9.17, 15) is 0 Å². The summed E-state index contributed by atoms with van der Waals surface area (Å²) in [5.74, 6) is 1.91. The van der Waals surface area contributed by atoms with Crippen molar-refractivity contribution in [3.05, 3.63) is 164 Å². The molecule has 0 aliphatic heterocycles. The third-order valence-corrected chi connectivity index (χ3v) is 8.75. The van der Waals surface area contributed by atoms with E-state index in [1.807, 2.05) is 48.5 Å². The van der Waals surface area contributed by atoms with Crippen molar-refractivity contribution < 1.29 is 4.42 Å². The van der Waals surface area contributed by atoms with Gasteiger partial charge in [0.1, 0.15) is 11.2 Å². The van der Waals surface area contributed by atoms with Crippen LogP contribution >= 0.6 is 0 Å². The van der Waals surface area contributed by atoms with Gasteiger partial charge in [-0.05, 0) is 57.3 Å². The Labute approximate surface area is 271 Å². The van der Waals surface area contributed by atoms with Crippen LogP contribution < -0.4 is 0 Å². The summed E-state index contributed by atoms with van der Waals surface area (Å²) in [5.41, 5.74) is 9.10. The smallest absolute Gasteiger partial charge is 0.164 e. The van der Waals surface area contributed by atoms with Gasteiger partial charge in [-0.3, -0.25) is 0 Å². The molecule has 220 valence electrons. The van der Waals surface area contributed by atoms with E-state index >= 15 is 0 Å². The van der Waals surface area contributed by atoms with Gasteiger partial charge < -0.3 is 4.42 Å². The second-order valence-corrected chi connectivity index (χ2v) is 11.7. The van der Waals surface area contributed by atoms with Crippen molar-refractivity contribution in [1.29, 1.82) is 0 Å². The molecule has 47 heavy (non-hydrogen) atoms. The quantitative estimate of drug-likeness (QED) is 0.197. The van der Waals surface area contributed by atoms with Gasteiger partial charge in [0.15, 0.2) is 17.5 Å². The second kappa shape index (κ2) is 11.2. The van der Waals surface area contributed by atoms with E-state index in [0.717, 1.165) is 55.3 Å². The van der Waals surface area contributed by atoms with Gasteiger partial charge in [0.05, 0.1) is 0 Å². The fourth-order valence-electron chi connectivity index (χ4n) is 6.25. The topological polar surface area (TPSA) is 51.8 Å². The Balaban J connectivity index is 1.07. The summed E-state index contributed by atoms with van der Waals surface area (Å²) in [4.78, 5) is 14.8. The fraction of sp³-hybridized carbons (Fsp3) is 0. The monoisotopic (exact) mass is 601 g/mol. The number of nitrogens with zero attached hydrogens (tertiary/aromatic N) is 3.